The molecular weight excluding hydrogens is 767 g/mol. The third kappa shape index (κ3) is 29.0. The summed E-state index contributed by atoms with van der Waals surface area (Å²) in [6.45, 7) is 3.58. The van der Waals surface area contributed by atoms with E-state index in [9.17, 15) is 28.8 Å². The molecule has 5 atom stereocenters. The van der Waals surface area contributed by atoms with Gasteiger partial charge in [0.2, 0.25) is 35.4 Å². The van der Waals surface area contributed by atoms with Gasteiger partial charge in [-0.25, -0.2) is 0 Å². The molecule has 0 aromatic rings. The Morgan fingerprint density at radius 2 is 0.600 bits per heavy atom. The number of carbonyl (C=O) groups excluding carboxylic acids is 6. The Bertz CT molecular complexity index is 1160. The molecule has 0 aromatic heterocycles. The molecule has 0 saturated heterocycles. The van der Waals surface area contributed by atoms with Crippen molar-refractivity contribution >= 4 is 35.4 Å². The molecular formula is C43H87N11O6. The van der Waals surface area contributed by atoms with Crippen molar-refractivity contribution in [1.82, 2.24) is 26.6 Å². The van der Waals surface area contributed by atoms with Gasteiger partial charge in [-0.3, -0.25) is 28.8 Å². The number of nitrogens with one attached hydrogen (secondary N) is 5. The summed E-state index contributed by atoms with van der Waals surface area (Å²) in [5.74, 6) is -3.41. The Labute approximate surface area is 361 Å². The number of unbranched alkanes of at least 4 members (excludes halogenated alkanes) is 14. The molecule has 0 saturated carbocycles. The minimum absolute atomic E-state index is 0.145. The summed E-state index contributed by atoms with van der Waals surface area (Å²) in [4.78, 5) is 79.3. The minimum Gasteiger partial charge on any atom is -0.368 e. The largest absolute Gasteiger partial charge is 0.368 e. The Balaban J connectivity index is 5.35. The van der Waals surface area contributed by atoms with Crippen molar-refractivity contribution in [1.29, 1.82) is 0 Å². The molecule has 0 rings (SSSR count). The minimum atomic E-state index is -1.11. The van der Waals surface area contributed by atoms with Gasteiger partial charge < -0.3 is 61.0 Å². The van der Waals surface area contributed by atoms with Gasteiger partial charge in [-0.1, -0.05) is 96.8 Å². The van der Waals surface area contributed by atoms with Gasteiger partial charge in [0, 0.05) is 6.42 Å². The standard InChI is InChI=1S/C43H87N11O6/c1-2-3-4-5-6-7-8-9-10-11-12-13-14-15-16-27-38(55)50-34(23-18-29-45)40(57)52-36(25-20-31-47)42(59)54-37(26-21-32-48)43(60)53-35(24-19-30-46)41(58)51-33(39(49)56)22-17-28-44/h33-37H,2-32,44-48H2,1H3,(H2,49,56)(H,50,55)(H,51,58)(H,52,57)(H,53,60)(H,54,59)/t33-,34-,35-,36-,37-/m0/s1. The maximum atomic E-state index is 13.8. The average molecular weight is 854 g/mol. The van der Waals surface area contributed by atoms with Crippen molar-refractivity contribution in [2.75, 3.05) is 32.7 Å². The number of primary amides is 1. The van der Waals surface area contributed by atoms with Gasteiger partial charge in [-0.2, -0.15) is 0 Å². The van der Waals surface area contributed by atoms with Crippen LogP contribution in [-0.2, 0) is 28.8 Å². The van der Waals surface area contributed by atoms with Gasteiger partial charge in [0.1, 0.15) is 30.2 Å². The van der Waals surface area contributed by atoms with E-state index in [4.69, 9.17) is 34.4 Å². The van der Waals surface area contributed by atoms with Gasteiger partial charge in [-0.15, -0.1) is 0 Å². The van der Waals surface area contributed by atoms with E-state index in [2.05, 4.69) is 33.5 Å². The van der Waals surface area contributed by atoms with Crippen LogP contribution in [0.3, 0.4) is 0 Å². The van der Waals surface area contributed by atoms with E-state index in [1.165, 1.54) is 70.6 Å². The van der Waals surface area contributed by atoms with Crippen molar-refractivity contribution in [3.8, 4) is 0 Å². The molecule has 17 heteroatoms. The molecule has 17 nitrogen and oxygen atoms in total. The Hall–Kier alpha value is -3.38. The summed E-state index contributed by atoms with van der Waals surface area (Å²) in [5, 5.41) is 13.6. The van der Waals surface area contributed by atoms with E-state index in [1.54, 1.807) is 0 Å². The van der Waals surface area contributed by atoms with E-state index in [0.717, 1.165) is 25.7 Å². The molecule has 60 heavy (non-hydrogen) atoms. The predicted octanol–water partition coefficient (Wildman–Crippen LogP) is 1.85. The first-order valence-electron chi connectivity index (χ1n) is 23.3. The molecule has 6 amide bonds. The fourth-order valence-corrected chi connectivity index (χ4v) is 6.98. The maximum absolute atomic E-state index is 13.8. The monoisotopic (exact) mass is 854 g/mol. The fourth-order valence-electron chi connectivity index (χ4n) is 6.98. The van der Waals surface area contributed by atoms with Crippen molar-refractivity contribution < 1.29 is 28.8 Å². The van der Waals surface area contributed by atoms with E-state index in [0.29, 0.717) is 51.6 Å². The van der Waals surface area contributed by atoms with Gasteiger partial charge in [-0.05, 0) is 103 Å². The van der Waals surface area contributed by atoms with Gasteiger partial charge in [0.15, 0.2) is 0 Å². The molecule has 0 aliphatic heterocycles. The van der Waals surface area contributed by atoms with E-state index >= 15 is 0 Å². The number of amides is 6. The second-order valence-corrected chi connectivity index (χ2v) is 16.1. The lowest BCUT2D eigenvalue weighted by Crippen LogP contribution is -2.59. The number of carbonyl (C=O) groups is 6. The van der Waals surface area contributed by atoms with Crippen molar-refractivity contribution in [3.63, 3.8) is 0 Å². The highest BCUT2D eigenvalue weighted by Crippen LogP contribution is 2.14. The van der Waals surface area contributed by atoms with Crippen molar-refractivity contribution in [2.45, 2.75) is 204 Å². The molecule has 0 radical (unpaired) electrons. The zero-order valence-electron chi connectivity index (χ0n) is 37.2. The van der Waals surface area contributed by atoms with E-state index in [-0.39, 0.29) is 57.6 Å². The Morgan fingerprint density at radius 1 is 0.350 bits per heavy atom. The van der Waals surface area contributed by atoms with Crippen LogP contribution in [0.2, 0.25) is 0 Å². The summed E-state index contributed by atoms with van der Waals surface area (Å²) >= 11 is 0. The van der Waals surface area contributed by atoms with Gasteiger partial charge in [0.25, 0.3) is 0 Å². The number of nitrogens with two attached hydrogens (primary N) is 6. The van der Waals surface area contributed by atoms with Gasteiger partial charge in [0.05, 0.1) is 0 Å². The molecule has 350 valence electrons. The van der Waals surface area contributed by atoms with Crippen LogP contribution in [0.25, 0.3) is 0 Å². The lowest BCUT2D eigenvalue weighted by Gasteiger charge is -2.27. The number of hydrogen-bond acceptors (Lipinski definition) is 11. The third-order valence-electron chi connectivity index (χ3n) is 10.7. The summed E-state index contributed by atoms with van der Waals surface area (Å²) in [7, 11) is 0. The molecule has 0 aliphatic rings. The summed E-state index contributed by atoms with van der Waals surface area (Å²) in [6, 6.07) is -5.15. The highest BCUT2D eigenvalue weighted by Gasteiger charge is 2.32. The van der Waals surface area contributed by atoms with Crippen LogP contribution in [0.5, 0.6) is 0 Å². The second kappa shape index (κ2) is 38.5. The first kappa shape index (κ1) is 56.6. The second-order valence-electron chi connectivity index (χ2n) is 16.1. The van der Waals surface area contributed by atoms with Gasteiger partial charge >= 0.3 is 0 Å². The first-order valence-corrected chi connectivity index (χ1v) is 23.3. The Kier molecular flexibility index (Phi) is 36.4. The molecule has 0 fully saturated rings. The first-order chi connectivity index (χ1) is 29.0. The summed E-state index contributed by atoms with van der Waals surface area (Å²) in [5.41, 5.74) is 34.0. The fraction of sp³-hybridized carbons (Fsp3) is 0.860. The van der Waals surface area contributed by atoms with Crippen LogP contribution < -0.4 is 61.0 Å². The normalized spacial score (nSPS) is 13.7. The zero-order valence-corrected chi connectivity index (χ0v) is 37.2. The molecule has 0 unspecified atom stereocenters. The SMILES string of the molecule is CCCCCCCCCCCCCCCCCC(=O)N[C@@H](CCCN)C(=O)N[C@@H](CCCN)C(=O)N[C@@H](CCCN)C(=O)N[C@@H](CCCN)C(=O)N[C@@H](CCCN)C(N)=O. The van der Waals surface area contributed by atoms with Crippen LogP contribution in [0, 0.1) is 0 Å². The molecule has 0 spiro atoms. The van der Waals surface area contributed by atoms with Crippen LogP contribution in [0.4, 0.5) is 0 Å². The average Bonchev–Trinajstić information content (AvgIpc) is 3.23. The Morgan fingerprint density at radius 3 is 0.883 bits per heavy atom. The summed E-state index contributed by atoms with van der Waals surface area (Å²) in [6.07, 6.45) is 21.7. The molecule has 0 bridgehead atoms. The highest BCUT2D eigenvalue weighted by molar-refractivity contribution is 5.96. The molecule has 0 aliphatic carbocycles. The molecule has 0 aromatic carbocycles. The highest BCUT2D eigenvalue weighted by atomic mass is 16.2. The topological polar surface area (TPSA) is 319 Å². The van der Waals surface area contributed by atoms with Crippen LogP contribution in [0.1, 0.15) is 174 Å². The van der Waals surface area contributed by atoms with E-state index in [1.807, 2.05) is 0 Å². The third-order valence-corrected chi connectivity index (χ3v) is 10.7. The quantitative estimate of drug-likeness (QED) is 0.0394. The maximum Gasteiger partial charge on any atom is 0.243 e. The van der Waals surface area contributed by atoms with Crippen LogP contribution in [-0.4, -0.2) is 98.4 Å². The summed E-state index contributed by atoms with van der Waals surface area (Å²) < 4.78 is 0. The molecule has 17 N–H and O–H groups in total. The zero-order chi connectivity index (χ0) is 44.8. The number of rotatable bonds is 41. The lowest BCUT2D eigenvalue weighted by atomic mass is 10.0. The van der Waals surface area contributed by atoms with Crippen molar-refractivity contribution in [3.05, 3.63) is 0 Å². The van der Waals surface area contributed by atoms with Crippen LogP contribution >= 0.6 is 0 Å². The van der Waals surface area contributed by atoms with Crippen molar-refractivity contribution in [2.24, 2.45) is 34.4 Å². The predicted molar refractivity (Wildman–Crippen MR) is 240 cm³/mol. The lowest BCUT2D eigenvalue weighted by molar-refractivity contribution is -0.135. The van der Waals surface area contributed by atoms with Crippen LogP contribution in [0.15, 0.2) is 0 Å². The smallest absolute Gasteiger partial charge is 0.243 e. The number of hydrogen-bond donors (Lipinski definition) is 11. The molecule has 0 heterocycles. The van der Waals surface area contributed by atoms with E-state index < -0.39 is 59.7 Å².